The smallest absolute Gasteiger partial charge is 0.314 e. The van der Waals surface area contributed by atoms with Crippen molar-refractivity contribution in [3.05, 3.63) is 35.8 Å². The maximum absolute atomic E-state index is 12.0. The van der Waals surface area contributed by atoms with Gasteiger partial charge < -0.3 is 19.3 Å². The average Bonchev–Trinajstić information content (AvgIpc) is 3.00. The van der Waals surface area contributed by atoms with E-state index >= 15 is 0 Å². The number of fused-ring (bicyclic) bond motifs is 1. The maximum Gasteiger partial charge on any atom is 0.314 e. The molecule has 2 N–H and O–H groups in total. The Morgan fingerprint density at radius 3 is 2.96 bits per heavy atom. The summed E-state index contributed by atoms with van der Waals surface area (Å²) in [5.74, 6) is 0.141. The zero-order valence-corrected chi connectivity index (χ0v) is 15.7. The van der Waals surface area contributed by atoms with Gasteiger partial charge in [-0.1, -0.05) is 12.1 Å². The molecule has 2 atom stereocenters. The van der Waals surface area contributed by atoms with Crippen LogP contribution >= 0.6 is 0 Å². The summed E-state index contributed by atoms with van der Waals surface area (Å²) in [5, 5.41) is 20.3. The highest BCUT2D eigenvalue weighted by Gasteiger charge is 2.31. The van der Waals surface area contributed by atoms with Gasteiger partial charge in [0.1, 0.15) is 24.1 Å². The van der Waals surface area contributed by atoms with E-state index < -0.39 is 0 Å². The van der Waals surface area contributed by atoms with Gasteiger partial charge in [-0.25, -0.2) is 4.98 Å². The van der Waals surface area contributed by atoms with Gasteiger partial charge in [0.25, 0.3) is 0 Å². The Balaban J connectivity index is 1.82. The van der Waals surface area contributed by atoms with E-state index in [-0.39, 0.29) is 23.2 Å². The molecule has 1 saturated heterocycles. The lowest BCUT2D eigenvalue weighted by Crippen LogP contribution is -3.14. The number of aliphatic hydroxyl groups is 1. The highest BCUT2D eigenvalue weighted by Crippen LogP contribution is 2.21. The summed E-state index contributed by atoms with van der Waals surface area (Å²) in [6.07, 6.45) is 1.70. The van der Waals surface area contributed by atoms with Crippen LogP contribution in [0.15, 0.2) is 30.0 Å². The molecule has 0 bridgehead atoms. The molecule has 0 amide bonds. The summed E-state index contributed by atoms with van der Waals surface area (Å²) in [5.41, 5.74) is 1.86. The van der Waals surface area contributed by atoms with Gasteiger partial charge in [0, 0.05) is 7.05 Å². The van der Waals surface area contributed by atoms with Crippen LogP contribution in [0.25, 0.3) is 16.6 Å². The third-order valence-electron chi connectivity index (χ3n) is 5.07. The number of nitriles is 1. The fourth-order valence-corrected chi connectivity index (χ4v) is 3.71. The summed E-state index contributed by atoms with van der Waals surface area (Å²) in [6, 6.07) is 9.72. The first kappa shape index (κ1) is 18.9. The molecule has 0 aliphatic carbocycles. The summed E-state index contributed by atoms with van der Waals surface area (Å²) < 4.78 is 6.95. The molecule has 27 heavy (non-hydrogen) atoms. The number of nitrogens with one attached hydrogen (secondary N) is 1. The zero-order valence-electron chi connectivity index (χ0n) is 15.7. The lowest BCUT2D eigenvalue weighted by molar-refractivity contribution is -0.904. The normalized spacial score (nSPS) is 20.8. The van der Waals surface area contributed by atoms with Crippen molar-refractivity contribution >= 4 is 22.6 Å². The lowest BCUT2D eigenvalue weighted by Gasteiger charge is -2.28. The number of imidazole rings is 1. The molecule has 2 aromatic rings. The standard InChI is InChI=1S/C20H24N4O3/c1-3-27-20(26)14-7-6-10-24(12-14)13-18(25)15(11-21)19-22-16-8-4-5-9-17(16)23(19)2/h4-5,8-9,14,25H,3,6-7,10,12-13H2,1-2H3/p+1/b18-15-/t14-/m1/s1. The fraction of sp³-hybridized carbons (Fsp3) is 0.450. The first-order chi connectivity index (χ1) is 13.0. The number of piperidine rings is 1. The number of benzene rings is 1. The number of ether oxygens (including phenoxy) is 1. The molecule has 0 radical (unpaired) electrons. The number of likely N-dealkylation sites (tertiary alicyclic amines) is 1. The number of aliphatic hydroxyl groups excluding tert-OH is 1. The van der Waals surface area contributed by atoms with Gasteiger partial charge in [-0.2, -0.15) is 5.26 Å². The van der Waals surface area contributed by atoms with Crippen molar-refractivity contribution in [3.63, 3.8) is 0 Å². The molecule has 2 heterocycles. The molecule has 7 nitrogen and oxygen atoms in total. The van der Waals surface area contributed by atoms with Crippen molar-refractivity contribution in [1.82, 2.24) is 9.55 Å². The van der Waals surface area contributed by atoms with E-state index in [2.05, 4.69) is 11.1 Å². The van der Waals surface area contributed by atoms with Crippen molar-refractivity contribution in [2.75, 3.05) is 26.2 Å². The summed E-state index contributed by atoms with van der Waals surface area (Å²) in [6.45, 7) is 3.92. The molecule has 1 aromatic heterocycles. The number of carbonyl (C=O) groups is 1. The minimum atomic E-state index is -0.172. The van der Waals surface area contributed by atoms with Crippen LogP contribution in [0.5, 0.6) is 0 Å². The van der Waals surface area contributed by atoms with E-state index in [1.54, 1.807) is 6.92 Å². The molecular formula is C20H25N4O3+. The third kappa shape index (κ3) is 3.96. The lowest BCUT2D eigenvalue weighted by atomic mass is 9.98. The Kier molecular flexibility index (Phi) is 5.77. The Morgan fingerprint density at radius 1 is 1.48 bits per heavy atom. The molecule has 0 spiro atoms. The van der Waals surface area contributed by atoms with Crippen LogP contribution in [0.1, 0.15) is 25.6 Å². The van der Waals surface area contributed by atoms with Crippen LogP contribution in [0.4, 0.5) is 0 Å². The number of hydrogen-bond acceptors (Lipinski definition) is 5. The van der Waals surface area contributed by atoms with Crippen molar-refractivity contribution in [2.45, 2.75) is 19.8 Å². The highest BCUT2D eigenvalue weighted by molar-refractivity contribution is 5.83. The van der Waals surface area contributed by atoms with Gasteiger partial charge >= 0.3 is 5.97 Å². The van der Waals surface area contributed by atoms with E-state index in [1.807, 2.05) is 35.9 Å². The molecule has 1 aliphatic rings. The van der Waals surface area contributed by atoms with Crippen LogP contribution in [-0.2, 0) is 16.6 Å². The van der Waals surface area contributed by atoms with Crippen LogP contribution in [-0.4, -0.2) is 46.9 Å². The number of nitrogens with zero attached hydrogens (tertiary/aromatic N) is 3. The molecule has 1 unspecified atom stereocenters. The number of aromatic nitrogens is 2. The molecular weight excluding hydrogens is 344 g/mol. The predicted molar refractivity (Wildman–Crippen MR) is 101 cm³/mol. The van der Waals surface area contributed by atoms with Crippen LogP contribution in [0.2, 0.25) is 0 Å². The van der Waals surface area contributed by atoms with Crippen molar-refractivity contribution in [2.24, 2.45) is 13.0 Å². The zero-order chi connectivity index (χ0) is 19.4. The monoisotopic (exact) mass is 369 g/mol. The second-order valence-electron chi connectivity index (χ2n) is 6.89. The van der Waals surface area contributed by atoms with Crippen LogP contribution in [0.3, 0.4) is 0 Å². The predicted octanol–water partition coefficient (Wildman–Crippen LogP) is 1.22. The number of allylic oxidation sites excluding steroid dienone is 1. The average molecular weight is 369 g/mol. The minimum absolute atomic E-state index is 0.00964. The quantitative estimate of drug-likeness (QED) is 0.470. The minimum Gasteiger partial charge on any atom is -0.506 e. The summed E-state index contributed by atoms with van der Waals surface area (Å²) in [7, 11) is 1.83. The van der Waals surface area contributed by atoms with Gasteiger partial charge in [0.15, 0.2) is 11.6 Å². The van der Waals surface area contributed by atoms with E-state index in [0.717, 1.165) is 35.3 Å². The van der Waals surface area contributed by atoms with Gasteiger partial charge in [-0.15, -0.1) is 0 Å². The number of quaternary nitrogens is 1. The highest BCUT2D eigenvalue weighted by atomic mass is 16.5. The maximum atomic E-state index is 12.0. The largest absolute Gasteiger partial charge is 0.506 e. The number of esters is 1. The van der Waals surface area contributed by atoms with E-state index in [0.29, 0.717) is 25.5 Å². The SMILES string of the molecule is CCOC(=O)[C@@H]1CCC[NH+](C/C(O)=C(\C#N)c2nc3ccccc3n2C)C1. The molecule has 7 heteroatoms. The second kappa shape index (κ2) is 8.23. The Bertz CT molecular complexity index is 910. The number of aryl methyl sites for hydroxylation is 1. The van der Waals surface area contributed by atoms with Crippen molar-refractivity contribution in [1.29, 1.82) is 5.26 Å². The fourth-order valence-electron chi connectivity index (χ4n) is 3.71. The van der Waals surface area contributed by atoms with Crippen LogP contribution < -0.4 is 4.90 Å². The van der Waals surface area contributed by atoms with Crippen LogP contribution in [0, 0.1) is 17.2 Å². The van der Waals surface area contributed by atoms with Gasteiger partial charge in [-0.3, -0.25) is 4.79 Å². The summed E-state index contributed by atoms with van der Waals surface area (Å²) in [4.78, 5) is 17.6. The number of carbonyl (C=O) groups excluding carboxylic acids is 1. The van der Waals surface area contributed by atoms with Crippen molar-refractivity contribution < 1.29 is 19.5 Å². The topological polar surface area (TPSA) is 92.6 Å². The first-order valence-electron chi connectivity index (χ1n) is 9.29. The number of para-hydroxylation sites is 2. The van der Waals surface area contributed by atoms with Gasteiger partial charge in [-0.05, 0) is 31.9 Å². The Hall–Kier alpha value is -2.85. The van der Waals surface area contributed by atoms with E-state index in [4.69, 9.17) is 4.74 Å². The Morgan fingerprint density at radius 2 is 2.26 bits per heavy atom. The Labute approximate surface area is 158 Å². The molecule has 1 aromatic carbocycles. The third-order valence-corrected chi connectivity index (χ3v) is 5.07. The molecule has 142 valence electrons. The number of rotatable bonds is 5. The summed E-state index contributed by atoms with van der Waals surface area (Å²) >= 11 is 0. The second-order valence-corrected chi connectivity index (χ2v) is 6.89. The van der Waals surface area contributed by atoms with Crippen molar-refractivity contribution in [3.8, 4) is 6.07 Å². The molecule has 1 fully saturated rings. The van der Waals surface area contributed by atoms with Gasteiger partial charge in [0.05, 0.1) is 30.7 Å². The molecule has 3 rings (SSSR count). The van der Waals surface area contributed by atoms with E-state index in [9.17, 15) is 15.2 Å². The molecule has 1 aliphatic heterocycles. The van der Waals surface area contributed by atoms with E-state index in [1.165, 1.54) is 0 Å². The van der Waals surface area contributed by atoms with Gasteiger partial charge in [0.2, 0.25) is 0 Å². The molecule has 0 saturated carbocycles. The first-order valence-corrected chi connectivity index (χ1v) is 9.29. The number of hydrogen-bond donors (Lipinski definition) is 2.